The third kappa shape index (κ3) is 3.06. The molecule has 1 fully saturated rings. The summed E-state index contributed by atoms with van der Waals surface area (Å²) < 4.78 is 10.5. The molecule has 2 aromatic rings. The van der Waals surface area contributed by atoms with Crippen molar-refractivity contribution in [3.05, 3.63) is 40.3 Å². The molecule has 0 radical (unpaired) electrons. The van der Waals surface area contributed by atoms with Gasteiger partial charge in [0.2, 0.25) is 0 Å². The number of aromatic nitrogens is 1. The number of rotatable bonds is 6. The van der Waals surface area contributed by atoms with Crippen molar-refractivity contribution in [2.24, 2.45) is 0 Å². The van der Waals surface area contributed by atoms with Gasteiger partial charge in [-0.15, -0.1) is 11.3 Å². The minimum atomic E-state index is 0.0126. The van der Waals surface area contributed by atoms with Gasteiger partial charge in [-0.2, -0.15) is 0 Å². The summed E-state index contributed by atoms with van der Waals surface area (Å²) in [6, 6.07) is 5.60. The first-order valence-corrected chi connectivity index (χ1v) is 8.02. The Kier molecular flexibility index (Phi) is 4.29. The van der Waals surface area contributed by atoms with Crippen molar-refractivity contribution in [1.82, 2.24) is 9.88 Å². The van der Waals surface area contributed by atoms with E-state index in [1.807, 2.05) is 10.3 Å². The van der Waals surface area contributed by atoms with Crippen molar-refractivity contribution < 1.29 is 14.3 Å². The van der Waals surface area contributed by atoms with Crippen LogP contribution in [0.4, 0.5) is 0 Å². The van der Waals surface area contributed by atoms with Crippen molar-refractivity contribution in [3.8, 4) is 11.5 Å². The SMILES string of the molecule is COc1ccc(C(=O)N(Cc2nccs2)C2CC2)cc1OC. The maximum absolute atomic E-state index is 12.8. The predicted octanol–water partition coefficient (Wildman–Crippen LogP) is 2.97. The molecule has 1 amide bonds. The molecule has 0 atom stereocenters. The molecule has 22 heavy (non-hydrogen) atoms. The summed E-state index contributed by atoms with van der Waals surface area (Å²) >= 11 is 1.57. The maximum Gasteiger partial charge on any atom is 0.254 e. The molecule has 0 bridgehead atoms. The zero-order valence-electron chi connectivity index (χ0n) is 12.6. The van der Waals surface area contributed by atoms with Crippen LogP contribution in [-0.4, -0.2) is 36.1 Å². The van der Waals surface area contributed by atoms with Gasteiger partial charge in [0.25, 0.3) is 5.91 Å². The van der Waals surface area contributed by atoms with Crippen LogP contribution in [0.5, 0.6) is 11.5 Å². The second-order valence-corrected chi connectivity index (χ2v) is 6.14. The number of carbonyl (C=O) groups is 1. The maximum atomic E-state index is 12.8. The zero-order chi connectivity index (χ0) is 15.5. The first kappa shape index (κ1) is 14.8. The fourth-order valence-corrected chi connectivity index (χ4v) is 2.98. The van der Waals surface area contributed by atoms with Gasteiger partial charge in [-0.05, 0) is 31.0 Å². The summed E-state index contributed by atoms with van der Waals surface area (Å²) in [7, 11) is 3.15. The van der Waals surface area contributed by atoms with Gasteiger partial charge in [-0.1, -0.05) is 0 Å². The summed E-state index contributed by atoms with van der Waals surface area (Å²) in [5.74, 6) is 1.20. The van der Waals surface area contributed by atoms with Crippen molar-refractivity contribution in [3.63, 3.8) is 0 Å². The zero-order valence-corrected chi connectivity index (χ0v) is 13.4. The van der Waals surface area contributed by atoms with Crippen molar-refractivity contribution in [1.29, 1.82) is 0 Å². The Morgan fingerprint density at radius 1 is 1.32 bits per heavy atom. The minimum absolute atomic E-state index is 0.0126. The topological polar surface area (TPSA) is 51.7 Å². The van der Waals surface area contributed by atoms with Crippen LogP contribution in [0.15, 0.2) is 29.8 Å². The Hall–Kier alpha value is -2.08. The molecule has 116 valence electrons. The lowest BCUT2D eigenvalue weighted by atomic mass is 10.1. The molecule has 0 aliphatic heterocycles. The Labute approximate surface area is 133 Å². The monoisotopic (exact) mass is 318 g/mol. The van der Waals surface area contributed by atoms with Gasteiger partial charge < -0.3 is 14.4 Å². The fraction of sp³-hybridized carbons (Fsp3) is 0.375. The molecule has 1 heterocycles. The number of hydrogen-bond acceptors (Lipinski definition) is 5. The summed E-state index contributed by atoms with van der Waals surface area (Å²) in [5.41, 5.74) is 0.612. The second kappa shape index (κ2) is 6.36. The number of carbonyl (C=O) groups excluding carboxylic acids is 1. The van der Waals surface area contributed by atoms with Gasteiger partial charge in [0.05, 0.1) is 20.8 Å². The lowest BCUT2D eigenvalue weighted by Gasteiger charge is -2.22. The molecule has 1 aromatic heterocycles. The number of thiazole rings is 1. The van der Waals surface area contributed by atoms with Crippen LogP contribution < -0.4 is 9.47 Å². The molecular formula is C16H18N2O3S. The molecule has 1 aliphatic rings. The van der Waals surface area contributed by atoms with Gasteiger partial charge in [-0.3, -0.25) is 4.79 Å². The molecule has 0 N–H and O–H groups in total. The van der Waals surface area contributed by atoms with Crippen LogP contribution in [0.1, 0.15) is 28.2 Å². The van der Waals surface area contributed by atoms with Crippen LogP contribution in [0, 0.1) is 0 Å². The van der Waals surface area contributed by atoms with Crippen LogP contribution >= 0.6 is 11.3 Å². The summed E-state index contributed by atoms with van der Waals surface area (Å²) in [6.07, 6.45) is 3.89. The van der Waals surface area contributed by atoms with E-state index in [-0.39, 0.29) is 5.91 Å². The highest BCUT2D eigenvalue weighted by Crippen LogP contribution is 2.32. The number of nitrogens with zero attached hydrogens (tertiary/aromatic N) is 2. The Balaban J connectivity index is 1.84. The lowest BCUT2D eigenvalue weighted by Crippen LogP contribution is -2.32. The van der Waals surface area contributed by atoms with Crippen LogP contribution in [0.3, 0.4) is 0 Å². The molecule has 6 heteroatoms. The second-order valence-electron chi connectivity index (χ2n) is 5.16. The molecule has 0 unspecified atom stereocenters. The van der Waals surface area contributed by atoms with Crippen molar-refractivity contribution >= 4 is 17.2 Å². The first-order valence-electron chi connectivity index (χ1n) is 7.14. The number of amides is 1. The van der Waals surface area contributed by atoms with E-state index in [1.54, 1.807) is 50.0 Å². The molecule has 0 spiro atoms. The van der Waals surface area contributed by atoms with Crippen LogP contribution in [0.25, 0.3) is 0 Å². The molecule has 1 aliphatic carbocycles. The van der Waals surface area contributed by atoms with Crippen molar-refractivity contribution in [2.75, 3.05) is 14.2 Å². The van der Waals surface area contributed by atoms with Gasteiger partial charge in [0.1, 0.15) is 5.01 Å². The van der Waals surface area contributed by atoms with Crippen LogP contribution in [0.2, 0.25) is 0 Å². The predicted molar refractivity (Wildman–Crippen MR) is 84.6 cm³/mol. The minimum Gasteiger partial charge on any atom is -0.493 e. The molecule has 1 aromatic carbocycles. The standard InChI is InChI=1S/C16H18N2O3S/c1-20-13-6-3-11(9-14(13)21-2)16(19)18(12-4-5-12)10-15-17-7-8-22-15/h3,6-9,12H,4-5,10H2,1-2H3. The highest BCUT2D eigenvalue weighted by Gasteiger charge is 2.33. The van der Waals surface area contributed by atoms with E-state index < -0.39 is 0 Å². The normalized spacial score (nSPS) is 13.7. The van der Waals surface area contributed by atoms with Gasteiger partial charge in [0, 0.05) is 23.2 Å². The Morgan fingerprint density at radius 2 is 2.09 bits per heavy atom. The third-order valence-corrected chi connectivity index (χ3v) is 4.43. The average Bonchev–Trinajstić information content (AvgIpc) is 3.27. The lowest BCUT2D eigenvalue weighted by molar-refractivity contribution is 0.0729. The van der Waals surface area contributed by atoms with Gasteiger partial charge in [0.15, 0.2) is 11.5 Å². The van der Waals surface area contributed by atoms with E-state index in [4.69, 9.17) is 9.47 Å². The summed E-state index contributed by atoms with van der Waals surface area (Å²) in [6.45, 7) is 0.565. The fourth-order valence-electron chi connectivity index (χ4n) is 2.36. The summed E-state index contributed by atoms with van der Waals surface area (Å²) in [4.78, 5) is 19.0. The van der Waals surface area contributed by atoms with E-state index >= 15 is 0 Å². The Bertz CT molecular complexity index is 653. The average molecular weight is 318 g/mol. The van der Waals surface area contributed by atoms with E-state index in [9.17, 15) is 4.79 Å². The molecule has 3 rings (SSSR count). The van der Waals surface area contributed by atoms with Gasteiger partial charge in [-0.25, -0.2) is 4.98 Å². The van der Waals surface area contributed by atoms with E-state index in [0.29, 0.717) is 29.6 Å². The van der Waals surface area contributed by atoms with Gasteiger partial charge >= 0.3 is 0 Å². The van der Waals surface area contributed by atoms with Crippen LogP contribution in [-0.2, 0) is 6.54 Å². The van der Waals surface area contributed by atoms with E-state index in [2.05, 4.69) is 4.98 Å². The highest BCUT2D eigenvalue weighted by molar-refractivity contribution is 7.09. The number of methoxy groups -OCH3 is 2. The van der Waals surface area contributed by atoms with Crippen molar-refractivity contribution in [2.45, 2.75) is 25.4 Å². The number of ether oxygens (including phenoxy) is 2. The number of benzene rings is 1. The molecular weight excluding hydrogens is 300 g/mol. The largest absolute Gasteiger partial charge is 0.493 e. The highest BCUT2D eigenvalue weighted by atomic mass is 32.1. The van der Waals surface area contributed by atoms with E-state index in [0.717, 1.165) is 17.8 Å². The first-order chi connectivity index (χ1) is 10.7. The van der Waals surface area contributed by atoms with E-state index in [1.165, 1.54) is 0 Å². The molecule has 0 saturated heterocycles. The smallest absolute Gasteiger partial charge is 0.254 e. The third-order valence-electron chi connectivity index (χ3n) is 3.67. The quantitative estimate of drug-likeness (QED) is 0.821. The molecule has 1 saturated carbocycles. The Morgan fingerprint density at radius 3 is 2.68 bits per heavy atom. The molecule has 5 nitrogen and oxygen atoms in total. The summed E-state index contributed by atoms with van der Waals surface area (Å²) in [5, 5.41) is 2.89. The number of hydrogen-bond donors (Lipinski definition) is 0.